The SMILES string of the molecule is CCc1cc(C(O)c2sccc2Br)n(C)n1. The molecule has 86 valence electrons. The first-order chi connectivity index (χ1) is 7.63. The lowest BCUT2D eigenvalue weighted by Gasteiger charge is -2.09. The number of aliphatic hydroxyl groups is 1. The van der Waals surface area contributed by atoms with Crippen LogP contribution in [0.3, 0.4) is 0 Å². The molecule has 2 aromatic rings. The summed E-state index contributed by atoms with van der Waals surface area (Å²) in [4.78, 5) is 0.922. The van der Waals surface area contributed by atoms with Crippen molar-refractivity contribution in [2.45, 2.75) is 19.4 Å². The van der Waals surface area contributed by atoms with Crippen LogP contribution >= 0.6 is 27.3 Å². The van der Waals surface area contributed by atoms with Crippen LogP contribution in [0.2, 0.25) is 0 Å². The standard InChI is InChI=1S/C11H13BrN2OS/c1-3-7-6-9(14(2)13-7)10(15)11-8(12)4-5-16-11/h4-6,10,15H,3H2,1-2H3. The van der Waals surface area contributed by atoms with Gasteiger partial charge < -0.3 is 5.11 Å². The van der Waals surface area contributed by atoms with Crippen molar-refractivity contribution < 1.29 is 5.11 Å². The highest BCUT2D eigenvalue weighted by atomic mass is 79.9. The molecule has 16 heavy (non-hydrogen) atoms. The molecular weight excluding hydrogens is 288 g/mol. The smallest absolute Gasteiger partial charge is 0.131 e. The maximum atomic E-state index is 10.3. The zero-order chi connectivity index (χ0) is 11.7. The van der Waals surface area contributed by atoms with Crippen molar-refractivity contribution in [1.29, 1.82) is 0 Å². The van der Waals surface area contributed by atoms with Crippen LogP contribution in [-0.2, 0) is 13.5 Å². The molecule has 0 aliphatic carbocycles. The van der Waals surface area contributed by atoms with E-state index in [2.05, 4.69) is 28.0 Å². The minimum atomic E-state index is -0.604. The lowest BCUT2D eigenvalue weighted by Crippen LogP contribution is -2.05. The molecule has 1 N–H and O–H groups in total. The second-order valence-corrected chi connectivity index (χ2v) is 5.38. The summed E-state index contributed by atoms with van der Waals surface area (Å²) in [6.45, 7) is 2.06. The molecule has 0 radical (unpaired) electrons. The van der Waals surface area contributed by atoms with Gasteiger partial charge in [-0.25, -0.2) is 0 Å². The Kier molecular flexibility index (Phi) is 3.47. The molecule has 0 spiro atoms. The molecule has 5 heteroatoms. The molecule has 0 fully saturated rings. The van der Waals surface area contributed by atoms with Crippen molar-refractivity contribution in [1.82, 2.24) is 9.78 Å². The molecule has 0 saturated heterocycles. The first-order valence-electron chi connectivity index (χ1n) is 5.07. The minimum Gasteiger partial charge on any atom is -0.381 e. The number of hydrogen-bond acceptors (Lipinski definition) is 3. The molecule has 0 aliphatic rings. The second kappa shape index (κ2) is 4.69. The van der Waals surface area contributed by atoms with E-state index >= 15 is 0 Å². The molecule has 0 amide bonds. The van der Waals surface area contributed by atoms with E-state index in [-0.39, 0.29) is 0 Å². The Hall–Kier alpha value is -0.650. The summed E-state index contributed by atoms with van der Waals surface area (Å²) >= 11 is 4.97. The predicted molar refractivity (Wildman–Crippen MR) is 68.7 cm³/mol. The van der Waals surface area contributed by atoms with Crippen LogP contribution in [0.15, 0.2) is 22.0 Å². The Morgan fingerprint density at radius 2 is 2.38 bits per heavy atom. The monoisotopic (exact) mass is 300 g/mol. The number of halogens is 1. The van der Waals surface area contributed by atoms with Crippen LogP contribution in [0.25, 0.3) is 0 Å². The Morgan fingerprint density at radius 1 is 1.62 bits per heavy atom. The van der Waals surface area contributed by atoms with E-state index in [4.69, 9.17) is 0 Å². The Morgan fingerprint density at radius 3 is 2.88 bits per heavy atom. The van der Waals surface area contributed by atoms with E-state index in [0.717, 1.165) is 27.2 Å². The third-order valence-electron chi connectivity index (χ3n) is 2.50. The van der Waals surface area contributed by atoms with Crippen molar-refractivity contribution in [3.8, 4) is 0 Å². The minimum absolute atomic E-state index is 0.604. The largest absolute Gasteiger partial charge is 0.381 e. The molecule has 2 heterocycles. The summed E-state index contributed by atoms with van der Waals surface area (Å²) in [6, 6.07) is 3.90. The van der Waals surface area contributed by atoms with E-state index in [9.17, 15) is 5.11 Å². The van der Waals surface area contributed by atoms with Gasteiger partial charge in [-0.2, -0.15) is 5.10 Å². The highest BCUT2D eigenvalue weighted by Crippen LogP contribution is 2.33. The van der Waals surface area contributed by atoms with Gasteiger partial charge in [-0.1, -0.05) is 6.92 Å². The third-order valence-corrected chi connectivity index (χ3v) is 4.43. The predicted octanol–water partition coefficient (Wildman–Crippen LogP) is 2.89. The normalized spacial score (nSPS) is 13.0. The number of thiophene rings is 1. The number of aryl methyl sites for hydroxylation is 2. The van der Waals surface area contributed by atoms with Gasteiger partial charge in [0.25, 0.3) is 0 Å². The van der Waals surface area contributed by atoms with Crippen LogP contribution in [0.1, 0.15) is 29.3 Å². The maximum absolute atomic E-state index is 10.3. The summed E-state index contributed by atoms with van der Waals surface area (Å²) < 4.78 is 2.69. The topological polar surface area (TPSA) is 38.0 Å². The van der Waals surface area contributed by atoms with E-state index in [1.54, 1.807) is 16.0 Å². The molecule has 0 saturated carbocycles. The van der Waals surface area contributed by atoms with Crippen molar-refractivity contribution in [3.05, 3.63) is 38.3 Å². The zero-order valence-electron chi connectivity index (χ0n) is 9.14. The van der Waals surface area contributed by atoms with Crippen LogP contribution in [0.4, 0.5) is 0 Å². The molecular formula is C11H13BrN2OS. The average Bonchev–Trinajstić information content (AvgIpc) is 2.83. The van der Waals surface area contributed by atoms with Crippen LogP contribution < -0.4 is 0 Å². The van der Waals surface area contributed by atoms with Gasteiger partial charge in [-0.05, 0) is 39.9 Å². The zero-order valence-corrected chi connectivity index (χ0v) is 11.5. The summed E-state index contributed by atoms with van der Waals surface area (Å²) in [6.07, 6.45) is 0.277. The summed E-state index contributed by atoms with van der Waals surface area (Å²) in [5, 5.41) is 16.6. The first-order valence-corrected chi connectivity index (χ1v) is 6.74. The number of nitrogens with zero attached hydrogens (tertiary/aromatic N) is 2. The summed E-state index contributed by atoms with van der Waals surface area (Å²) in [7, 11) is 1.86. The van der Waals surface area contributed by atoms with Gasteiger partial charge in [-0.3, -0.25) is 4.68 Å². The van der Waals surface area contributed by atoms with Gasteiger partial charge in [0.05, 0.1) is 16.3 Å². The molecule has 1 unspecified atom stereocenters. The van der Waals surface area contributed by atoms with Crippen molar-refractivity contribution >= 4 is 27.3 Å². The second-order valence-electron chi connectivity index (χ2n) is 3.57. The third kappa shape index (κ3) is 2.07. The van der Waals surface area contributed by atoms with E-state index < -0.39 is 6.10 Å². The Bertz CT molecular complexity index is 492. The van der Waals surface area contributed by atoms with Crippen LogP contribution in [0, 0.1) is 0 Å². The van der Waals surface area contributed by atoms with E-state index in [1.807, 2.05) is 24.6 Å². The van der Waals surface area contributed by atoms with Crippen LogP contribution in [0.5, 0.6) is 0 Å². The van der Waals surface area contributed by atoms with Gasteiger partial charge in [0.15, 0.2) is 0 Å². The van der Waals surface area contributed by atoms with E-state index in [0.29, 0.717) is 0 Å². The molecule has 0 bridgehead atoms. The number of hydrogen-bond donors (Lipinski definition) is 1. The number of aromatic nitrogens is 2. The van der Waals surface area contributed by atoms with Gasteiger partial charge in [0.2, 0.25) is 0 Å². The Balaban J connectivity index is 2.37. The van der Waals surface area contributed by atoms with Gasteiger partial charge in [0, 0.05) is 11.5 Å². The highest BCUT2D eigenvalue weighted by molar-refractivity contribution is 9.10. The van der Waals surface area contributed by atoms with Crippen molar-refractivity contribution in [2.75, 3.05) is 0 Å². The van der Waals surface area contributed by atoms with Gasteiger partial charge in [0.1, 0.15) is 6.10 Å². The fraction of sp³-hybridized carbons (Fsp3) is 0.364. The maximum Gasteiger partial charge on any atom is 0.131 e. The summed E-state index contributed by atoms with van der Waals surface area (Å²) in [5.41, 5.74) is 1.84. The molecule has 0 aromatic carbocycles. The number of rotatable bonds is 3. The van der Waals surface area contributed by atoms with Gasteiger partial charge in [-0.15, -0.1) is 11.3 Å². The van der Waals surface area contributed by atoms with E-state index in [1.165, 1.54) is 0 Å². The van der Waals surface area contributed by atoms with Crippen LogP contribution in [-0.4, -0.2) is 14.9 Å². The first kappa shape index (κ1) is 11.8. The average molecular weight is 301 g/mol. The molecule has 1 atom stereocenters. The van der Waals surface area contributed by atoms with Gasteiger partial charge >= 0.3 is 0 Å². The lowest BCUT2D eigenvalue weighted by atomic mass is 10.2. The summed E-state index contributed by atoms with van der Waals surface area (Å²) in [5.74, 6) is 0. The number of aliphatic hydroxyl groups excluding tert-OH is 1. The molecule has 2 rings (SSSR count). The quantitative estimate of drug-likeness (QED) is 0.946. The van der Waals surface area contributed by atoms with Crippen molar-refractivity contribution in [3.63, 3.8) is 0 Å². The Labute approximate surface area is 107 Å². The molecule has 2 aromatic heterocycles. The lowest BCUT2D eigenvalue weighted by molar-refractivity contribution is 0.213. The molecule has 3 nitrogen and oxygen atoms in total. The fourth-order valence-electron chi connectivity index (χ4n) is 1.61. The fourth-order valence-corrected chi connectivity index (χ4v) is 3.19. The highest BCUT2D eigenvalue weighted by Gasteiger charge is 2.19. The molecule has 0 aliphatic heterocycles. The van der Waals surface area contributed by atoms with Crippen molar-refractivity contribution in [2.24, 2.45) is 7.05 Å².